The van der Waals surface area contributed by atoms with Gasteiger partial charge >= 0.3 is 0 Å². The van der Waals surface area contributed by atoms with Crippen LogP contribution in [0.2, 0.25) is 0 Å². The van der Waals surface area contributed by atoms with Crippen LogP contribution in [0, 0.1) is 0 Å². The average molecular weight is 510 g/mol. The molecule has 28 heavy (non-hydrogen) atoms. The molecule has 0 bridgehead atoms. The van der Waals surface area contributed by atoms with E-state index in [1.54, 1.807) is 0 Å². The van der Waals surface area contributed by atoms with E-state index in [1.807, 2.05) is 0 Å². The summed E-state index contributed by atoms with van der Waals surface area (Å²) >= 11 is 2.74. The summed E-state index contributed by atoms with van der Waals surface area (Å²) in [7, 11) is -0.966. The predicted molar refractivity (Wildman–Crippen MR) is 136 cm³/mol. The highest BCUT2D eigenvalue weighted by atomic mass is 127. The van der Waals surface area contributed by atoms with Gasteiger partial charge in [0.1, 0.15) is 0 Å². The third kappa shape index (κ3) is 4.54. The molecule has 4 aromatic rings. The molecule has 0 aliphatic carbocycles. The van der Waals surface area contributed by atoms with Gasteiger partial charge in [-0.15, -0.1) is 0 Å². The molecule has 0 atom stereocenters. The molecule has 0 nitrogen and oxygen atoms in total. The first-order valence-electron chi connectivity index (χ1n) is 9.27. The topological polar surface area (TPSA) is 0 Å². The zero-order valence-electron chi connectivity index (χ0n) is 15.4. The van der Waals surface area contributed by atoms with Gasteiger partial charge < -0.3 is 0 Å². The Kier molecular flexibility index (Phi) is 6.91. The Balaban J connectivity index is 1.84. The fourth-order valence-electron chi connectivity index (χ4n) is 3.26. The van der Waals surface area contributed by atoms with Crippen molar-refractivity contribution in [3.63, 3.8) is 0 Å². The summed E-state index contributed by atoms with van der Waals surface area (Å²) in [5.41, 5.74) is 0. The molecule has 0 radical (unpaired) electrons. The van der Waals surface area contributed by atoms with Gasteiger partial charge in [0.15, 0.2) is 0 Å². The van der Waals surface area contributed by atoms with E-state index in [0.29, 0.717) is 3.41 Å². The van der Waals surface area contributed by atoms with E-state index >= 15 is 0 Å². The molecule has 0 aliphatic rings. The Morgan fingerprint density at radius 3 is 0.821 bits per heavy atom. The number of hydrogen-bond acceptors (Lipinski definition) is 0. The maximum absolute atomic E-state index is 2.74. The Hall–Kier alpha value is -1.53. The molecule has 0 saturated carbocycles. The molecule has 0 fully saturated rings. The Labute approximate surface area is 183 Å². The highest BCUT2D eigenvalue weighted by Crippen LogP contribution is 2.59. The molecule has 138 valence electrons. The average Bonchev–Trinajstić information content (AvgIpc) is 2.77. The van der Waals surface area contributed by atoms with E-state index in [9.17, 15) is 0 Å². The third-order valence-corrected chi connectivity index (χ3v) is 13.6. The van der Waals surface area contributed by atoms with Crippen LogP contribution in [0.15, 0.2) is 121 Å². The fraction of sp³-hybridized carbons (Fsp3) is 0.0400. The lowest BCUT2D eigenvalue weighted by Crippen LogP contribution is -2.24. The van der Waals surface area contributed by atoms with Crippen molar-refractivity contribution in [2.75, 3.05) is 0 Å². The van der Waals surface area contributed by atoms with E-state index in [-0.39, 0.29) is 0 Å². The second kappa shape index (κ2) is 9.79. The second-order valence-corrected chi connectivity index (χ2v) is 14.6. The molecule has 0 amide bonds. The van der Waals surface area contributed by atoms with Gasteiger partial charge in [0.05, 0.1) is 3.41 Å². The zero-order valence-corrected chi connectivity index (χ0v) is 19.3. The molecule has 4 rings (SSSR count). The van der Waals surface area contributed by atoms with Crippen LogP contribution in [0.1, 0.15) is 0 Å². The summed E-state index contributed by atoms with van der Waals surface area (Å²) in [6.45, 7) is 0. The lowest BCUT2D eigenvalue weighted by molar-refractivity contribution is 1.72. The Bertz CT molecular complexity index is 814. The van der Waals surface area contributed by atoms with Crippen LogP contribution in [0.4, 0.5) is 0 Å². The smallest absolute Gasteiger partial charge is 0.0670 e. The molecular weight excluding hydrogens is 489 g/mol. The molecule has 0 saturated heterocycles. The molecular formula is C25H21IP2. The Morgan fingerprint density at radius 1 is 0.393 bits per heavy atom. The number of hydrogen-bond donors (Lipinski definition) is 0. The van der Waals surface area contributed by atoms with Crippen molar-refractivity contribution in [2.24, 2.45) is 0 Å². The first kappa shape index (κ1) is 19.8. The minimum absolute atomic E-state index is 0.483. The van der Waals surface area contributed by atoms with Crippen LogP contribution < -0.4 is 21.2 Å². The molecule has 0 heterocycles. The molecule has 0 N–H and O–H groups in total. The van der Waals surface area contributed by atoms with Crippen LogP contribution in [-0.4, -0.2) is 3.41 Å². The van der Waals surface area contributed by atoms with Gasteiger partial charge in [0.2, 0.25) is 0 Å². The van der Waals surface area contributed by atoms with Gasteiger partial charge in [-0.3, -0.25) is 0 Å². The van der Waals surface area contributed by atoms with Gasteiger partial charge in [-0.2, -0.15) is 0 Å². The van der Waals surface area contributed by atoms with E-state index in [2.05, 4.69) is 144 Å². The first-order chi connectivity index (χ1) is 13.8. The van der Waals surface area contributed by atoms with Gasteiger partial charge in [-0.1, -0.05) is 144 Å². The number of benzene rings is 4. The predicted octanol–water partition coefficient (Wildman–Crippen LogP) is 5.97. The lowest BCUT2D eigenvalue weighted by atomic mass is 10.4. The van der Waals surface area contributed by atoms with Crippen molar-refractivity contribution in [3.05, 3.63) is 121 Å². The highest BCUT2D eigenvalue weighted by Gasteiger charge is 2.31. The summed E-state index contributed by atoms with van der Waals surface area (Å²) in [5.74, 6) is 0. The standard InChI is InChI=1S/C25H21IP2/c26-25(27(21-13-5-1-6-14-21)22-15-7-2-8-16-22)28(23-17-9-3-10-18-23)24-19-11-4-12-20-24/h1-20,25H. The molecule has 3 heteroatoms. The molecule has 0 aromatic heterocycles. The fourth-order valence-corrected chi connectivity index (χ4v) is 13.2. The third-order valence-electron chi connectivity index (χ3n) is 4.56. The SMILES string of the molecule is IC(P(c1ccccc1)c1ccccc1)P(c1ccccc1)c1ccccc1. The van der Waals surface area contributed by atoms with Crippen LogP contribution in [0.3, 0.4) is 0 Å². The lowest BCUT2D eigenvalue weighted by Gasteiger charge is -2.32. The van der Waals surface area contributed by atoms with Crippen LogP contribution in [-0.2, 0) is 0 Å². The van der Waals surface area contributed by atoms with Gasteiger partial charge in [0.25, 0.3) is 0 Å². The summed E-state index contributed by atoms with van der Waals surface area (Å²) in [6.07, 6.45) is 0. The van der Waals surface area contributed by atoms with Crippen molar-refractivity contribution in [2.45, 2.75) is 3.41 Å². The van der Waals surface area contributed by atoms with Crippen LogP contribution >= 0.6 is 38.4 Å². The molecule has 0 unspecified atom stereocenters. The molecule has 0 aliphatic heterocycles. The molecule has 4 aromatic carbocycles. The minimum Gasteiger partial charge on any atom is -0.0709 e. The van der Waals surface area contributed by atoms with Crippen molar-refractivity contribution in [3.8, 4) is 0 Å². The number of alkyl halides is 1. The van der Waals surface area contributed by atoms with Gasteiger partial charge in [-0.05, 0) is 37.1 Å². The largest absolute Gasteiger partial charge is 0.0709 e. The highest BCUT2D eigenvalue weighted by molar-refractivity contribution is 14.1. The van der Waals surface area contributed by atoms with E-state index < -0.39 is 15.8 Å². The maximum atomic E-state index is 2.74. The Morgan fingerprint density at radius 2 is 0.607 bits per heavy atom. The van der Waals surface area contributed by atoms with Crippen LogP contribution in [0.25, 0.3) is 0 Å². The second-order valence-electron chi connectivity index (χ2n) is 6.39. The van der Waals surface area contributed by atoms with Crippen molar-refractivity contribution < 1.29 is 0 Å². The van der Waals surface area contributed by atoms with E-state index in [4.69, 9.17) is 0 Å². The minimum atomic E-state index is -0.483. The van der Waals surface area contributed by atoms with E-state index in [0.717, 1.165) is 0 Å². The van der Waals surface area contributed by atoms with Crippen molar-refractivity contribution in [1.29, 1.82) is 0 Å². The van der Waals surface area contributed by atoms with Gasteiger partial charge in [-0.25, -0.2) is 0 Å². The summed E-state index contributed by atoms with van der Waals surface area (Å²) in [4.78, 5) is 0. The van der Waals surface area contributed by atoms with Gasteiger partial charge in [0, 0.05) is 0 Å². The monoisotopic (exact) mass is 510 g/mol. The normalized spacial score (nSPS) is 11.3. The summed E-state index contributed by atoms with van der Waals surface area (Å²) < 4.78 is 0.497. The van der Waals surface area contributed by atoms with Crippen molar-refractivity contribution >= 4 is 59.7 Å². The van der Waals surface area contributed by atoms with E-state index in [1.165, 1.54) is 21.2 Å². The van der Waals surface area contributed by atoms with Crippen molar-refractivity contribution in [1.82, 2.24) is 0 Å². The maximum Gasteiger partial charge on any atom is 0.0670 e. The van der Waals surface area contributed by atoms with Crippen LogP contribution in [0.5, 0.6) is 0 Å². The molecule has 0 spiro atoms. The quantitative estimate of drug-likeness (QED) is 0.170. The number of rotatable bonds is 6. The number of halogens is 1. The zero-order chi connectivity index (χ0) is 19.2. The first-order valence-corrected chi connectivity index (χ1v) is 13.3. The summed E-state index contributed by atoms with van der Waals surface area (Å²) in [6, 6.07) is 44.2. The summed E-state index contributed by atoms with van der Waals surface area (Å²) in [5, 5.41) is 5.79.